The van der Waals surface area contributed by atoms with E-state index in [2.05, 4.69) is 15.6 Å². The lowest BCUT2D eigenvalue weighted by molar-refractivity contribution is -0.130. The smallest absolute Gasteiger partial charge is 0.244 e. The molecule has 0 saturated carbocycles. The zero-order chi connectivity index (χ0) is 15.4. The van der Waals surface area contributed by atoms with Crippen LogP contribution >= 0.6 is 0 Å². The maximum atomic E-state index is 13.8. The third-order valence-corrected chi connectivity index (χ3v) is 3.42. The number of amides is 1. The predicted molar refractivity (Wildman–Crippen MR) is 77.2 cm³/mol. The van der Waals surface area contributed by atoms with Crippen molar-refractivity contribution in [2.75, 3.05) is 30.3 Å². The van der Waals surface area contributed by atoms with Gasteiger partial charge >= 0.3 is 0 Å². The molecule has 1 aliphatic heterocycles. The normalized spacial score (nSPS) is 15.9. The number of aromatic nitrogens is 1. The van der Waals surface area contributed by atoms with E-state index in [9.17, 15) is 13.6 Å². The molecule has 2 heterocycles. The zero-order valence-corrected chi connectivity index (χ0v) is 12.2. The molecule has 1 unspecified atom stereocenters. The quantitative estimate of drug-likeness (QED) is 0.875. The van der Waals surface area contributed by atoms with Gasteiger partial charge in [0, 0.05) is 25.7 Å². The minimum absolute atomic E-state index is 0.0257. The van der Waals surface area contributed by atoms with Crippen LogP contribution in [0.3, 0.4) is 0 Å². The molecule has 0 bridgehead atoms. The van der Waals surface area contributed by atoms with E-state index in [1.807, 2.05) is 0 Å². The van der Waals surface area contributed by atoms with Crippen LogP contribution in [0.25, 0.3) is 0 Å². The molecule has 1 aliphatic rings. The van der Waals surface area contributed by atoms with E-state index >= 15 is 0 Å². The summed E-state index contributed by atoms with van der Waals surface area (Å²) >= 11 is 0. The van der Waals surface area contributed by atoms with E-state index in [-0.39, 0.29) is 17.5 Å². The summed E-state index contributed by atoms with van der Waals surface area (Å²) in [5.41, 5.74) is 0. The molecule has 2 rings (SSSR count). The van der Waals surface area contributed by atoms with Crippen LogP contribution in [-0.2, 0) is 4.79 Å². The molecular weight excluding hydrogens is 278 g/mol. The molecule has 2 N–H and O–H groups in total. The maximum Gasteiger partial charge on any atom is 0.244 e. The summed E-state index contributed by atoms with van der Waals surface area (Å²) in [5.74, 6) is -1.80. The summed E-state index contributed by atoms with van der Waals surface area (Å²) in [4.78, 5) is 17.8. The van der Waals surface area contributed by atoms with Crippen molar-refractivity contribution in [2.45, 2.75) is 32.7 Å². The highest BCUT2D eigenvalue weighted by Crippen LogP contribution is 2.20. The lowest BCUT2D eigenvalue weighted by atomic mass is 10.2. The van der Waals surface area contributed by atoms with Crippen molar-refractivity contribution in [3.8, 4) is 0 Å². The first kappa shape index (κ1) is 15.5. The number of nitrogens with one attached hydrogen (secondary N) is 2. The molecule has 0 spiro atoms. The lowest BCUT2D eigenvalue weighted by Crippen LogP contribution is -2.40. The monoisotopic (exact) mass is 298 g/mol. The van der Waals surface area contributed by atoms with Crippen molar-refractivity contribution < 1.29 is 13.6 Å². The van der Waals surface area contributed by atoms with Crippen molar-refractivity contribution in [1.29, 1.82) is 0 Å². The summed E-state index contributed by atoms with van der Waals surface area (Å²) in [7, 11) is 0. The topological polar surface area (TPSA) is 57.3 Å². The van der Waals surface area contributed by atoms with Crippen LogP contribution in [0.15, 0.2) is 6.07 Å². The summed E-state index contributed by atoms with van der Waals surface area (Å²) in [5, 5.41) is 5.44. The van der Waals surface area contributed by atoms with Crippen molar-refractivity contribution in [1.82, 2.24) is 9.88 Å². The molecule has 1 amide bonds. The fourth-order valence-corrected chi connectivity index (χ4v) is 2.34. The van der Waals surface area contributed by atoms with Gasteiger partial charge in [0.2, 0.25) is 5.91 Å². The second kappa shape index (κ2) is 6.69. The Morgan fingerprint density at radius 1 is 1.33 bits per heavy atom. The molecule has 0 aliphatic carbocycles. The molecule has 21 heavy (non-hydrogen) atoms. The third-order valence-electron chi connectivity index (χ3n) is 3.42. The van der Waals surface area contributed by atoms with E-state index in [4.69, 9.17) is 0 Å². The van der Waals surface area contributed by atoms with Gasteiger partial charge in [-0.2, -0.15) is 0 Å². The molecule has 7 heteroatoms. The van der Waals surface area contributed by atoms with Crippen molar-refractivity contribution in [3.05, 3.63) is 17.7 Å². The number of hydrogen-bond acceptors (Lipinski definition) is 4. The van der Waals surface area contributed by atoms with Crippen LogP contribution in [0, 0.1) is 11.6 Å². The number of likely N-dealkylation sites (tertiary alicyclic amines) is 1. The molecule has 1 fully saturated rings. The first-order valence-corrected chi connectivity index (χ1v) is 7.18. The van der Waals surface area contributed by atoms with Gasteiger partial charge in [0.05, 0.1) is 0 Å². The number of carbonyl (C=O) groups is 1. The SMILES string of the molecule is CCNc1nc(NC(C)C(=O)N2CCCC2)c(F)cc1F. The average Bonchev–Trinajstić information content (AvgIpc) is 2.97. The van der Waals surface area contributed by atoms with Crippen LogP contribution in [0.5, 0.6) is 0 Å². The van der Waals surface area contributed by atoms with Crippen molar-refractivity contribution >= 4 is 17.5 Å². The number of nitrogens with zero attached hydrogens (tertiary/aromatic N) is 2. The van der Waals surface area contributed by atoms with Gasteiger partial charge in [-0.3, -0.25) is 4.79 Å². The molecule has 116 valence electrons. The number of carbonyl (C=O) groups excluding carboxylic acids is 1. The van der Waals surface area contributed by atoms with Gasteiger partial charge in [-0.25, -0.2) is 13.8 Å². The van der Waals surface area contributed by atoms with Gasteiger partial charge < -0.3 is 15.5 Å². The Labute approximate surface area is 122 Å². The number of halogens is 2. The molecule has 0 aromatic carbocycles. The Morgan fingerprint density at radius 2 is 1.95 bits per heavy atom. The van der Waals surface area contributed by atoms with Gasteiger partial charge in [-0.05, 0) is 26.7 Å². The Kier molecular flexibility index (Phi) is 4.93. The van der Waals surface area contributed by atoms with Crippen LogP contribution in [-0.4, -0.2) is 41.5 Å². The highest BCUT2D eigenvalue weighted by Gasteiger charge is 2.24. The van der Waals surface area contributed by atoms with E-state index in [0.29, 0.717) is 6.54 Å². The second-order valence-corrected chi connectivity index (χ2v) is 5.08. The van der Waals surface area contributed by atoms with E-state index < -0.39 is 17.7 Å². The Morgan fingerprint density at radius 3 is 2.57 bits per heavy atom. The number of hydrogen-bond donors (Lipinski definition) is 2. The number of anilines is 2. The molecule has 5 nitrogen and oxygen atoms in total. The minimum Gasteiger partial charge on any atom is -0.368 e. The van der Waals surface area contributed by atoms with Crippen LogP contribution < -0.4 is 10.6 Å². The van der Waals surface area contributed by atoms with Crippen molar-refractivity contribution in [2.24, 2.45) is 0 Å². The Balaban J connectivity index is 2.10. The van der Waals surface area contributed by atoms with Gasteiger partial charge in [0.15, 0.2) is 23.3 Å². The second-order valence-electron chi connectivity index (χ2n) is 5.08. The van der Waals surface area contributed by atoms with E-state index in [0.717, 1.165) is 32.0 Å². The number of pyridine rings is 1. The molecule has 1 aromatic rings. The van der Waals surface area contributed by atoms with Gasteiger partial charge in [-0.1, -0.05) is 0 Å². The van der Waals surface area contributed by atoms with Crippen LogP contribution in [0.2, 0.25) is 0 Å². The molecule has 1 atom stereocenters. The molecular formula is C14H20F2N4O. The van der Waals surface area contributed by atoms with Crippen LogP contribution in [0.4, 0.5) is 20.4 Å². The lowest BCUT2D eigenvalue weighted by Gasteiger charge is -2.22. The zero-order valence-electron chi connectivity index (χ0n) is 12.2. The average molecular weight is 298 g/mol. The van der Waals surface area contributed by atoms with E-state index in [1.54, 1.807) is 18.7 Å². The van der Waals surface area contributed by atoms with E-state index in [1.165, 1.54) is 0 Å². The Hall–Kier alpha value is -1.92. The highest BCUT2D eigenvalue weighted by molar-refractivity contribution is 5.84. The largest absolute Gasteiger partial charge is 0.368 e. The first-order valence-electron chi connectivity index (χ1n) is 7.18. The van der Waals surface area contributed by atoms with Crippen LogP contribution in [0.1, 0.15) is 26.7 Å². The first-order chi connectivity index (χ1) is 10.0. The van der Waals surface area contributed by atoms with Gasteiger partial charge in [0.1, 0.15) is 6.04 Å². The van der Waals surface area contributed by atoms with Crippen molar-refractivity contribution in [3.63, 3.8) is 0 Å². The minimum atomic E-state index is -0.810. The van der Waals surface area contributed by atoms with Gasteiger partial charge in [-0.15, -0.1) is 0 Å². The van der Waals surface area contributed by atoms with Gasteiger partial charge in [0.25, 0.3) is 0 Å². The standard InChI is InChI=1S/C14H20F2N4O/c1-3-17-12-10(15)8-11(16)13(19-12)18-9(2)14(21)20-6-4-5-7-20/h8-9H,3-7H2,1-2H3,(H2,17,18,19). The summed E-state index contributed by atoms with van der Waals surface area (Å²) in [6, 6.07) is 0.158. The molecule has 0 radical (unpaired) electrons. The summed E-state index contributed by atoms with van der Waals surface area (Å²) in [6.07, 6.45) is 1.98. The summed E-state index contributed by atoms with van der Waals surface area (Å²) in [6.45, 7) is 5.37. The number of rotatable bonds is 5. The third kappa shape index (κ3) is 3.59. The highest BCUT2D eigenvalue weighted by atomic mass is 19.1. The molecule has 1 saturated heterocycles. The maximum absolute atomic E-state index is 13.8. The summed E-state index contributed by atoms with van der Waals surface area (Å²) < 4.78 is 27.2. The fourth-order valence-electron chi connectivity index (χ4n) is 2.34. The fraction of sp³-hybridized carbons (Fsp3) is 0.571. The Bertz CT molecular complexity index is 518. The molecule has 1 aromatic heterocycles. The predicted octanol–water partition coefficient (Wildman–Crippen LogP) is 2.21.